The van der Waals surface area contributed by atoms with Crippen molar-refractivity contribution in [1.29, 1.82) is 0 Å². The highest BCUT2D eigenvalue weighted by Crippen LogP contribution is 2.43. The number of carbonyl (C=O) groups excluding carboxylic acids is 1. The first-order chi connectivity index (χ1) is 12.2. The number of morpholine rings is 1. The molecule has 0 aromatic heterocycles. The molecule has 2 aliphatic rings. The Balaban J connectivity index is 1.60. The second-order valence-corrected chi connectivity index (χ2v) is 6.92. The quantitative estimate of drug-likeness (QED) is 0.805. The number of anilines is 1. The summed E-state index contributed by atoms with van der Waals surface area (Å²) >= 11 is 0. The molecular weight excluding hydrogens is 312 g/mol. The average Bonchev–Trinajstić information content (AvgIpc) is 2.66. The molecule has 4 heteroatoms. The molecule has 1 amide bonds. The summed E-state index contributed by atoms with van der Waals surface area (Å²) in [5.41, 5.74) is 3.40. The Labute approximate surface area is 149 Å². The minimum absolute atomic E-state index is 0.0156. The lowest BCUT2D eigenvalue weighted by Crippen LogP contribution is -2.59. The maximum absolute atomic E-state index is 13.0. The van der Waals surface area contributed by atoms with E-state index in [4.69, 9.17) is 4.74 Å². The van der Waals surface area contributed by atoms with E-state index in [1.165, 1.54) is 11.1 Å². The molecular formula is C21H24N2O2. The van der Waals surface area contributed by atoms with Gasteiger partial charge >= 0.3 is 0 Å². The number of ether oxygens (including phenoxy) is 1. The van der Waals surface area contributed by atoms with Crippen LogP contribution >= 0.6 is 0 Å². The molecule has 0 radical (unpaired) electrons. The zero-order chi connectivity index (χ0) is 17.2. The molecule has 2 fully saturated rings. The fraction of sp³-hybridized carbons (Fsp3) is 0.381. The average molecular weight is 336 g/mol. The van der Waals surface area contributed by atoms with Gasteiger partial charge in [-0.15, -0.1) is 0 Å². The monoisotopic (exact) mass is 336 g/mol. The first-order valence-electron chi connectivity index (χ1n) is 8.99. The lowest BCUT2D eigenvalue weighted by atomic mass is 9.81. The van der Waals surface area contributed by atoms with Crippen LogP contribution in [0.5, 0.6) is 0 Å². The Kier molecular flexibility index (Phi) is 4.55. The Morgan fingerprint density at radius 3 is 2.36 bits per heavy atom. The smallest absolute Gasteiger partial charge is 0.234 e. The van der Waals surface area contributed by atoms with Gasteiger partial charge in [-0.3, -0.25) is 9.69 Å². The van der Waals surface area contributed by atoms with Gasteiger partial charge in [-0.1, -0.05) is 48.0 Å². The molecule has 25 heavy (non-hydrogen) atoms. The van der Waals surface area contributed by atoms with E-state index in [-0.39, 0.29) is 17.9 Å². The van der Waals surface area contributed by atoms with E-state index in [9.17, 15) is 4.79 Å². The minimum atomic E-state index is 0.0156. The van der Waals surface area contributed by atoms with Gasteiger partial charge in [0.1, 0.15) is 0 Å². The third-order valence-electron chi connectivity index (χ3n) is 5.23. The van der Waals surface area contributed by atoms with Crippen LogP contribution in [0.15, 0.2) is 54.6 Å². The summed E-state index contributed by atoms with van der Waals surface area (Å²) in [5.74, 6) is 0.242. The third kappa shape index (κ3) is 3.20. The van der Waals surface area contributed by atoms with E-state index < -0.39 is 0 Å². The van der Waals surface area contributed by atoms with Gasteiger partial charge in [0.2, 0.25) is 5.91 Å². The Bertz CT molecular complexity index is 723. The highest BCUT2D eigenvalue weighted by molar-refractivity contribution is 6.03. The number of β-lactam (4-membered cyclic amide) rings is 1. The second-order valence-electron chi connectivity index (χ2n) is 6.92. The van der Waals surface area contributed by atoms with E-state index >= 15 is 0 Å². The van der Waals surface area contributed by atoms with Gasteiger partial charge in [0, 0.05) is 25.3 Å². The van der Waals surface area contributed by atoms with Crippen LogP contribution in [0, 0.1) is 12.8 Å². The fourth-order valence-corrected chi connectivity index (χ4v) is 3.81. The van der Waals surface area contributed by atoms with Crippen molar-refractivity contribution in [3.8, 4) is 0 Å². The van der Waals surface area contributed by atoms with Crippen LogP contribution in [0.2, 0.25) is 0 Å². The molecule has 4 rings (SSSR count). The van der Waals surface area contributed by atoms with E-state index in [0.717, 1.165) is 38.5 Å². The lowest BCUT2D eigenvalue weighted by molar-refractivity contribution is -0.132. The first-order valence-corrected chi connectivity index (χ1v) is 8.99. The molecule has 2 aromatic rings. The zero-order valence-corrected chi connectivity index (χ0v) is 14.6. The molecule has 0 spiro atoms. The number of nitrogens with zero attached hydrogens (tertiary/aromatic N) is 2. The fourth-order valence-electron chi connectivity index (χ4n) is 3.81. The number of hydrogen-bond donors (Lipinski definition) is 0. The predicted octanol–water partition coefficient (Wildman–Crippen LogP) is 3.03. The van der Waals surface area contributed by atoms with Crippen molar-refractivity contribution in [3.05, 3.63) is 65.7 Å². The Hall–Kier alpha value is -2.17. The molecule has 2 aliphatic heterocycles. The van der Waals surface area contributed by atoms with Crippen molar-refractivity contribution in [1.82, 2.24) is 4.90 Å². The van der Waals surface area contributed by atoms with Crippen molar-refractivity contribution >= 4 is 11.6 Å². The van der Waals surface area contributed by atoms with E-state index in [1.807, 2.05) is 23.1 Å². The van der Waals surface area contributed by atoms with Crippen LogP contribution in [-0.2, 0) is 9.53 Å². The summed E-state index contributed by atoms with van der Waals surface area (Å²) in [6.07, 6.45) is 0. The Morgan fingerprint density at radius 1 is 1.00 bits per heavy atom. The molecule has 0 saturated carbocycles. The molecule has 130 valence electrons. The highest BCUT2D eigenvalue weighted by atomic mass is 16.5. The van der Waals surface area contributed by atoms with Crippen LogP contribution in [0.25, 0.3) is 0 Å². The molecule has 2 aromatic carbocycles. The molecule has 0 unspecified atom stereocenters. The van der Waals surface area contributed by atoms with E-state index in [2.05, 4.69) is 48.2 Å². The summed E-state index contributed by atoms with van der Waals surface area (Å²) in [6, 6.07) is 18.7. The number of carbonyl (C=O) groups is 1. The summed E-state index contributed by atoms with van der Waals surface area (Å²) in [6.45, 7) is 6.23. The number of hydrogen-bond acceptors (Lipinski definition) is 3. The maximum Gasteiger partial charge on any atom is 0.234 e. The molecule has 0 N–H and O–H groups in total. The summed E-state index contributed by atoms with van der Waals surface area (Å²) < 4.78 is 5.44. The number of aryl methyl sites for hydroxylation is 1. The van der Waals surface area contributed by atoms with Crippen molar-refractivity contribution in [3.63, 3.8) is 0 Å². The van der Waals surface area contributed by atoms with Crippen LogP contribution in [0.1, 0.15) is 17.2 Å². The number of benzene rings is 2. The first kappa shape index (κ1) is 16.3. The van der Waals surface area contributed by atoms with Crippen molar-refractivity contribution in [2.24, 2.45) is 5.92 Å². The molecule has 2 heterocycles. The minimum Gasteiger partial charge on any atom is -0.379 e. The van der Waals surface area contributed by atoms with Gasteiger partial charge < -0.3 is 9.64 Å². The number of rotatable bonds is 4. The second kappa shape index (κ2) is 6.98. The van der Waals surface area contributed by atoms with E-state index in [0.29, 0.717) is 0 Å². The van der Waals surface area contributed by atoms with Crippen molar-refractivity contribution < 1.29 is 9.53 Å². The van der Waals surface area contributed by atoms with Crippen molar-refractivity contribution in [2.45, 2.75) is 13.0 Å². The summed E-state index contributed by atoms with van der Waals surface area (Å²) in [5, 5.41) is 0. The molecule has 2 atom stereocenters. The highest BCUT2D eigenvalue weighted by Gasteiger charge is 2.49. The van der Waals surface area contributed by atoms with Crippen LogP contribution < -0.4 is 4.90 Å². The normalized spacial score (nSPS) is 24.2. The van der Waals surface area contributed by atoms with Gasteiger partial charge in [0.25, 0.3) is 0 Å². The molecule has 0 aliphatic carbocycles. The molecule has 2 saturated heterocycles. The molecule has 0 bridgehead atoms. The molecule has 4 nitrogen and oxygen atoms in total. The maximum atomic E-state index is 13.0. The van der Waals surface area contributed by atoms with Crippen LogP contribution in [0.3, 0.4) is 0 Å². The predicted molar refractivity (Wildman–Crippen MR) is 98.6 cm³/mol. The topological polar surface area (TPSA) is 32.8 Å². The SMILES string of the molecule is Cc1ccc(N2C(=O)[C@H](CN3CCOCC3)[C@H]2c2ccccc2)cc1. The number of amides is 1. The van der Waals surface area contributed by atoms with Gasteiger partial charge in [0.15, 0.2) is 0 Å². The van der Waals surface area contributed by atoms with Gasteiger partial charge in [-0.2, -0.15) is 0 Å². The summed E-state index contributed by atoms with van der Waals surface area (Å²) in [4.78, 5) is 17.3. The zero-order valence-electron chi connectivity index (χ0n) is 14.6. The third-order valence-corrected chi connectivity index (χ3v) is 5.23. The lowest BCUT2D eigenvalue weighted by Gasteiger charge is -2.49. The standard InChI is InChI=1S/C21H24N2O2/c1-16-7-9-18(10-8-16)23-20(17-5-3-2-4-6-17)19(21(23)24)15-22-11-13-25-14-12-22/h2-10,19-20H,11-15H2,1H3/t19-,20-/m1/s1. The van der Waals surface area contributed by atoms with E-state index in [1.54, 1.807) is 0 Å². The largest absolute Gasteiger partial charge is 0.379 e. The Morgan fingerprint density at radius 2 is 1.68 bits per heavy atom. The van der Waals surface area contributed by atoms with Gasteiger partial charge in [-0.05, 0) is 24.6 Å². The van der Waals surface area contributed by atoms with Crippen LogP contribution in [-0.4, -0.2) is 43.7 Å². The van der Waals surface area contributed by atoms with Gasteiger partial charge in [0.05, 0.1) is 25.2 Å². The van der Waals surface area contributed by atoms with Crippen molar-refractivity contribution in [2.75, 3.05) is 37.7 Å². The summed E-state index contributed by atoms with van der Waals surface area (Å²) in [7, 11) is 0. The van der Waals surface area contributed by atoms with Gasteiger partial charge in [-0.25, -0.2) is 0 Å². The van der Waals surface area contributed by atoms with Crippen LogP contribution in [0.4, 0.5) is 5.69 Å².